The maximum absolute atomic E-state index is 15.4. The molecule has 240 valence electrons. The Labute approximate surface area is 271 Å². The molecule has 0 spiro atoms. The number of likely N-dealkylation sites (tertiary alicyclic amines) is 2. The molecule has 0 unspecified atom stereocenters. The Hall–Kier alpha value is -3.05. The van der Waals surface area contributed by atoms with Crippen LogP contribution in [0.3, 0.4) is 0 Å². The molecule has 1 aromatic heterocycles. The monoisotopic (exact) mass is 655 g/mol. The summed E-state index contributed by atoms with van der Waals surface area (Å²) in [6.07, 6.45) is 4.33. The van der Waals surface area contributed by atoms with Crippen molar-refractivity contribution in [3.8, 4) is 0 Å². The number of thiophene rings is 1. The van der Waals surface area contributed by atoms with Gasteiger partial charge in [-0.1, -0.05) is 36.7 Å². The molecule has 3 aliphatic rings. The summed E-state index contributed by atoms with van der Waals surface area (Å²) in [6, 6.07) is 10.3. The number of amides is 2. The van der Waals surface area contributed by atoms with Gasteiger partial charge in [0.1, 0.15) is 5.82 Å². The first-order valence-electron chi connectivity index (χ1n) is 15.8. The summed E-state index contributed by atoms with van der Waals surface area (Å²) in [4.78, 5) is 42.4. The molecule has 1 saturated carbocycles. The lowest BCUT2D eigenvalue weighted by molar-refractivity contribution is -0.144. The Kier molecular flexibility index (Phi) is 9.75. The van der Waals surface area contributed by atoms with E-state index in [9.17, 15) is 19.5 Å². The summed E-state index contributed by atoms with van der Waals surface area (Å²) in [5.74, 6) is -1.62. The Morgan fingerprint density at radius 3 is 2.62 bits per heavy atom. The van der Waals surface area contributed by atoms with Crippen LogP contribution in [-0.4, -0.2) is 77.1 Å². The van der Waals surface area contributed by atoms with Crippen molar-refractivity contribution in [3.05, 3.63) is 63.7 Å². The zero-order valence-electron chi connectivity index (χ0n) is 25.3. The Bertz CT molecular complexity index is 1570. The van der Waals surface area contributed by atoms with Crippen LogP contribution in [-0.2, 0) is 20.7 Å². The maximum Gasteiger partial charge on any atom is 0.306 e. The standard InChI is InChI=1S/C34H39ClFN3O5S/c1-20-10-11-38(16-20)23-14-24(18-44-25-8-6-21(7-9-25)34(42)43)39(17-23)32(40)13-22-12-28(35)30(15-29(22)36)37-33(41)27-19-45-31-5-3-2-4-26(27)31/h2-5,12,15,19-21,23-25H,6-11,13-14,16-18H2,1H3,(H,37,41)(H,42,43)/t20-,21-,23+,24+,25-/m1/s1. The summed E-state index contributed by atoms with van der Waals surface area (Å²) in [7, 11) is 0. The third-order valence-electron chi connectivity index (χ3n) is 9.68. The highest BCUT2D eigenvalue weighted by Gasteiger charge is 2.40. The van der Waals surface area contributed by atoms with Gasteiger partial charge in [0.15, 0.2) is 0 Å². The van der Waals surface area contributed by atoms with E-state index in [1.54, 1.807) is 5.38 Å². The number of aliphatic carboxylic acids is 1. The molecule has 2 saturated heterocycles. The zero-order valence-corrected chi connectivity index (χ0v) is 26.9. The van der Waals surface area contributed by atoms with E-state index in [1.165, 1.54) is 23.5 Å². The number of hydrogen-bond donors (Lipinski definition) is 2. The van der Waals surface area contributed by atoms with Crippen molar-refractivity contribution < 1.29 is 28.6 Å². The number of hydrogen-bond acceptors (Lipinski definition) is 6. The second-order valence-corrected chi connectivity index (χ2v) is 14.1. The van der Waals surface area contributed by atoms with Gasteiger partial charge in [0.25, 0.3) is 5.91 Å². The van der Waals surface area contributed by atoms with Gasteiger partial charge in [0, 0.05) is 34.6 Å². The predicted molar refractivity (Wildman–Crippen MR) is 173 cm³/mol. The molecule has 45 heavy (non-hydrogen) atoms. The fraction of sp³-hybridized carbons (Fsp3) is 0.500. The van der Waals surface area contributed by atoms with E-state index in [0.717, 1.165) is 36.0 Å². The van der Waals surface area contributed by atoms with Crippen LogP contribution >= 0.6 is 22.9 Å². The van der Waals surface area contributed by atoms with Crippen LogP contribution in [0.25, 0.3) is 10.1 Å². The first-order chi connectivity index (χ1) is 21.7. The maximum atomic E-state index is 15.4. The number of carbonyl (C=O) groups is 3. The van der Waals surface area contributed by atoms with Crippen molar-refractivity contribution >= 4 is 56.5 Å². The zero-order chi connectivity index (χ0) is 31.7. The van der Waals surface area contributed by atoms with Crippen LogP contribution in [0, 0.1) is 17.7 Å². The van der Waals surface area contributed by atoms with Crippen molar-refractivity contribution in [3.63, 3.8) is 0 Å². The number of anilines is 1. The van der Waals surface area contributed by atoms with Gasteiger partial charge in [-0.15, -0.1) is 11.3 Å². The van der Waals surface area contributed by atoms with Crippen LogP contribution < -0.4 is 5.32 Å². The average Bonchev–Trinajstić information content (AvgIpc) is 3.77. The number of carboxylic acids is 1. The Balaban J connectivity index is 1.12. The number of nitrogens with one attached hydrogen (secondary N) is 1. The van der Waals surface area contributed by atoms with Crippen molar-refractivity contribution in [1.82, 2.24) is 9.80 Å². The third kappa shape index (κ3) is 7.19. The minimum absolute atomic E-state index is 0.0190. The summed E-state index contributed by atoms with van der Waals surface area (Å²) < 4.78 is 22.7. The van der Waals surface area contributed by atoms with Crippen LogP contribution in [0.1, 0.15) is 61.4 Å². The predicted octanol–water partition coefficient (Wildman–Crippen LogP) is 6.46. The molecule has 11 heteroatoms. The highest BCUT2D eigenvalue weighted by atomic mass is 35.5. The summed E-state index contributed by atoms with van der Waals surface area (Å²) in [5, 5.41) is 14.8. The minimum Gasteiger partial charge on any atom is -0.481 e. The molecule has 3 fully saturated rings. The quantitative estimate of drug-likeness (QED) is 0.275. The van der Waals surface area contributed by atoms with Crippen molar-refractivity contribution in [2.45, 2.75) is 70.1 Å². The van der Waals surface area contributed by atoms with E-state index >= 15 is 4.39 Å². The van der Waals surface area contributed by atoms with Crippen molar-refractivity contribution in [1.29, 1.82) is 0 Å². The lowest BCUT2D eigenvalue weighted by Crippen LogP contribution is -2.41. The molecule has 1 aliphatic carbocycles. The number of rotatable bonds is 9. The van der Waals surface area contributed by atoms with Crippen LogP contribution in [0.4, 0.5) is 10.1 Å². The van der Waals surface area contributed by atoms with E-state index < -0.39 is 11.8 Å². The van der Waals surface area contributed by atoms with Crippen LogP contribution in [0.2, 0.25) is 5.02 Å². The molecule has 3 heterocycles. The highest BCUT2D eigenvalue weighted by molar-refractivity contribution is 7.17. The summed E-state index contributed by atoms with van der Waals surface area (Å²) in [5.41, 5.74) is 0.818. The van der Waals surface area contributed by atoms with E-state index in [0.29, 0.717) is 50.3 Å². The molecular formula is C34H39ClFN3O5S. The first kappa shape index (κ1) is 31.9. The molecule has 0 bridgehead atoms. The first-order valence-corrected chi connectivity index (χ1v) is 17.1. The lowest BCUT2D eigenvalue weighted by atomic mass is 9.87. The molecule has 2 aliphatic heterocycles. The Morgan fingerprint density at radius 2 is 1.89 bits per heavy atom. The number of carboxylic acid groups (broad SMARTS) is 1. The smallest absolute Gasteiger partial charge is 0.306 e. The second kappa shape index (κ2) is 13.7. The number of ether oxygens (including phenoxy) is 1. The van der Waals surface area contributed by atoms with Gasteiger partial charge in [0.2, 0.25) is 5.91 Å². The van der Waals surface area contributed by atoms with E-state index in [-0.39, 0.29) is 58.6 Å². The van der Waals surface area contributed by atoms with Gasteiger partial charge in [0.05, 0.1) is 47.4 Å². The van der Waals surface area contributed by atoms with E-state index in [1.807, 2.05) is 29.2 Å². The van der Waals surface area contributed by atoms with E-state index in [2.05, 4.69) is 17.1 Å². The van der Waals surface area contributed by atoms with Gasteiger partial charge in [-0.05, 0) is 74.8 Å². The fourth-order valence-electron chi connectivity index (χ4n) is 7.07. The number of fused-ring (bicyclic) bond motifs is 1. The molecule has 2 aromatic carbocycles. The van der Waals surface area contributed by atoms with Gasteiger partial charge < -0.3 is 20.1 Å². The Morgan fingerprint density at radius 1 is 1.11 bits per heavy atom. The van der Waals surface area contributed by atoms with E-state index in [4.69, 9.17) is 16.3 Å². The van der Waals surface area contributed by atoms with Gasteiger partial charge in [-0.2, -0.15) is 0 Å². The molecular weight excluding hydrogens is 617 g/mol. The van der Waals surface area contributed by atoms with Crippen LogP contribution in [0.5, 0.6) is 0 Å². The summed E-state index contributed by atoms with van der Waals surface area (Å²) in [6.45, 7) is 5.17. The van der Waals surface area contributed by atoms with Crippen molar-refractivity contribution in [2.75, 3.05) is 31.6 Å². The normalized spacial score (nSPS) is 25.6. The third-order valence-corrected chi connectivity index (χ3v) is 11.0. The van der Waals surface area contributed by atoms with Gasteiger partial charge in [-0.25, -0.2) is 4.39 Å². The summed E-state index contributed by atoms with van der Waals surface area (Å²) >= 11 is 7.98. The highest BCUT2D eigenvalue weighted by Crippen LogP contribution is 2.33. The van der Waals surface area contributed by atoms with Crippen LogP contribution in [0.15, 0.2) is 41.8 Å². The van der Waals surface area contributed by atoms with Gasteiger partial charge >= 0.3 is 5.97 Å². The lowest BCUT2D eigenvalue weighted by Gasteiger charge is -2.30. The number of halogens is 2. The van der Waals surface area contributed by atoms with Crippen molar-refractivity contribution in [2.24, 2.45) is 11.8 Å². The second-order valence-electron chi connectivity index (χ2n) is 12.8. The molecule has 2 N–H and O–H groups in total. The molecule has 2 amide bonds. The fourth-order valence-corrected chi connectivity index (χ4v) is 8.25. The molecule has 3 atom stereocenters. The molecule has 3 aromatic rings. The molecule has 6 rings (SSSR count). The number of carbonyl (C=O) groups excluding carboxylic acids is 2. The minimum atomic E-state index is -0.748. The largest absolute Gasteiger partial charge is 0.481 e. The molecule has 8 nitrogen and oxygen atoms in total. The molecule has 0 radical (unpaired) electrons. The SMILES string of the molecule is C[C@@H]1CCN([C@H]2C[C@@H](CO[C@H]3CC[C@H](C(=O)O)CC3)N(C(=O)Cc3cc(Cl)c(NC(=O)c4csc5ccccc45)cc3F)C2)C1. The van der Waals surface area contributed by atoms with Gasteiger partial charge in [-0.3, -0.25) is 19.3 Å². The topological polar surface area (TPSA) is 99.2 Å². The number of benzene rings is 2. The number of nitrogens with zero attached hydrogens (tertiary/aromatic N) is 2. The average molecular weight is 656 g/mol.